The minimum Gasteiger partial charge on any atom is -0.451 e. The molecule has 6 heteroatoms. The van der Waals surface area contributed by atoms with Crippen LogP contribution in [0.5, 0.6) is 0 Å². The Labute approximate surface area is 152 Å². The Kier molecular flexibility index (Phi) is 5.22. The van der Waals surface area contributed by atoms with E-state index in [9.17, 15) is 9.59 Å². The van der Waals surface area contributed by atoms with Crippen LogP contribution < -0.4 is 0 Å². The van der Waals surface area contributed by atoms with Gasteiger partial charge in [0.25, 0.3) is 0 Å². The topological polar surface area (TPSA) is 59.1 Å². The van der Waals surface area contributed by atoms with Crippen molar-refractivity contribution in [2.45, 2.75) is 12.1 Å². The van der Waals surface area contributed by atoms with Crippen molar-refractivity contribution in [3.63, 3.8) is 0 Å². The van der Waals surface area contributed by atoms with Crippen LogP contribution in [-0.4, -0.2) is 36.4 Å². The molecule has 0 saturated carbocycles. The Hall–Kier alpha value is -3.28. The predicted molar refractivity (Wildman–Crippen MR) is 96.0 cm³/mol. The summed E-state index contributed by atoms with van der Waals surface area (Å²) in [5, 5.41) is 2.58. The summed E-state index contributed by atoms with van der Waals surface area (Å²) < 4.78 is 9.91. The zero-order valence-electron chi connectivity index (χ0n) is 14.6. The van der Waals surface area contributed by atoms with Crippen molar-refractivity contribution in [1.82, 2.24) is 10.0 Å². The summed E-state index contributed by atoms with van der Waals surface area (Å²) in [6.45, 7) is 0. The van der Waals surface area contributed by atoms with E-state index < -0.39 is 24.3 Å². The van der Waals surface area contributed by atoms with Gasteiger partial charge in [0.1, 0.15) is 12.1 Å². The molecule has 2 aromatic carbocycles. The first-order valence-electron chi connectivity index (χ1n) is 8.20. The van der Waals surface area contributed by atoms with Crippen LogP contribution in [0, 0.1) is 0 Å². The fraction of sp³-hybridized carbons (Fsp3) is 0.200. The number of nitrogens with zero attached hydrogens (tertiary/aromatic N) is 2. The average Bonchev–Trinajstić information content (AvgIpc) is 2.72. The standard InChI is InChI=1S/C20H20N2O4/c1-25-19(23)21-17(15-9-5-3-6-10-15)13-14-18(22(21)20(24)26-2)16-11-7-4-8-12-16/h3-14,17-18H,1-2H3/t17-,18-/m0/s1. The highest BCUT2D eigenvalue weighted by atomic mass is 16.6. The summed E-state index contributed by atoms with van der Waals surface area (Å²) in [6, 6.07) is 17.9. The van der Waals surface area contributed by atoms with Gasteiger partial charge in [-0.05, 0) is 11.1 Å². The van der Waals surface area contributed by atoms with Gasteiger partial charge in [-0.3, -0.25) is 0 Å². The van der Waals surface area contributed by atoms with Crippen LogP contribution >= 0.6 is 0 Å². The van der Waals surface area contributed by atoms with Gasteiger partial charge in [-0.2, -0.15) is 0 Å². The molecule has 0 bridgehead atoms. The van der Waals surface area contributed by atoms with Crippen molar-refractivity contribution in [2.24, 2.45) is 0 Å². The first kappa shape index (κ1) is 17.5. The molecule has 0 spiro atoms. The molecule has 0 fully saturated rings. The number of benzene rings is 2. The molecule has 2 atom stereocenters. The maximum atomic E-state index is 12.6. The lowest BCUT2D eigenvalue weighted by molar-refractivity contribution is -0.0491. The maximum absolute atomic E-state index is 12.6. The molecule has 0 aliphatic carbocycles. The van der Waals surface area contributed by atoms with Crippen molar-refractivity contribution < 1.29 is 19.1 Å². The van der Waals surface area contributed by atoms with Crippen LogP contribution in [0.1, 0.15) is 23.2 Å². The third kappa shape index (κ3) is 3.26. The number of methoxy groups -OCH3 is 2. The lowest BCUT2D eigenvalue weighted by Crippen LogP contribution is -2.54. The molecule has 0 aromatic heterocycles. The number of rotatable bonds is 2. The quantitative estimate of drug-likeness (QED) is 0.764. The molecule has 1 heterocycles. The number of hydrazine groups is 1. The van der Waals surface area contributed by atoms with Gasteiger partial charge in [-0.15, -0.1) is 0 Å². The fourth-order valence-electron chi connectivity index (χ4n) is 3.04. The third-order valence-corrected chi connectivity index (χ3v) is 4.24. The summed E-state index contributed by atoms with van der Waals surface area (Å²) in [5.74, 6) is 0. The van der Waals surface area contributed by atoms with E-state index in [-0.39, 0.29) is 0 Å². The molecule has 0 N–H and O–H groups in total. The largest absolute Gasteiger partial charge is 0.451 e. The number of amides is 2. The van der Waals surface area contributed by atoms with Crippen molar-refractivity contribution in [2.75, 3.05) is 14.2 Å². The first-order valence-corrected chi connectivity index (χ1v) is 8.20. The number of carbonyl (C=O) groups is 2. The molecule has 2 amide bonds. The molecular weight excluding hydrogens is 332 g/mol. The Bertz CT molecular complexity index is 724. The Morgan fingerprint density at radius 2 is 1.04 bits per heavy atom. The molecule has 0 unspecified atom stereocenters. The zero-order chi connectivity index (χ0) is 18.5. The molecule has 1 aliphatic rings. The van der Waals surface area contributed by atoms with Crippen molar-refractivity contribution >= 4 is 12.2 Å². The highest BCUT2D eigenvalue weighted by Gasteiger charge is 2.41. The minimum atomic E-state index is -0.644. The number of hydrogen-bond donors (Lipinski definition) is 0. The fourth-order valence-corrected chi connectivity index (χ4v) is 3.04. The normalized spacial score (nSPS) is 19.2. The highest BCUT2D eigenvalue weighted by molar-refractivity contribution is 5.76. The molecule has 134 valence electrons. The second kappa shape index (κ2) is 7.74. The van der Waals surface area contributed by atoms with Gasteiger partial charge in [0.2, 0.25) is 0 Å². The predicted octanol–water partition coefficient (Wildman–Crippen LogP) is 4.09. The van der Waals surface area contributed by atoms with Gasteiger partial charge in [0, 0.05) is 0 Å². The van der Waals surface area contributed by atoms with Crippen LogP contribution in [0.2, 0.25) is 0 Å². The summed E-state index contributed by atoms with van der Waals surface area (Å²) in [6.07, 6.45) is 2.50. The van der Waals surface area contributed by atoms with E-state index in [0.29, 0.717) is 0 Å². The zero-order valence-corrected chi connectivity index (χ0v) is 14.6. The molecule has 0 radical (unpaired) electrons. The Balaban J connectivity index is 2.12. The monoisotopic (exact) mass is 352 g/mol. The summed E-state index contributed by atoms with van der Waals surface area (Å²) in [7, 11) is 2.57. The molecule has 6 nitrogen and oxygen atoms in total. The van der Waals surface area contributed by atoms with E-state index >= 15 is 0 Å². The van der Waals surface area contributed by atoms with Crippen molar-refractivity contribution in [3.8, 4) is 0 Å². The lowest BCUT2D eigenvalue weighted by Gasteiger charge is -2.43. The van der Waals surface area contributed by atoms with E-state index in [1.165, 1.54) is 24.2 Å². The van der Waals surface area contributed by atoms with Gasteiger partial charge in [-0.1, -0.05) is 72.8 Å². The molecular formula is C20H20N2O4. The van der Waals surface area contributed by atoms with Crippen LogP contribution in [0.25, 0.3) is 0 Å². The second-order valence-corrected chi connectivity index (χ2v) is 5.73. The van der Waals surface area contributed by atoms with Crippen LogP contribution in [0.4, 0.5) is 9.59 Å². The number of hydrogen-bond acceptors (Lipinski definition) is 4. The maximum Gasteiger partial charge on any atom is 0.429 e. The molecule has 1 aliphatic heterocycles. The Morgan fingerprint density at radius 1 is 0.692 bits per heavy atom. The Morgan fingerprint density at radius 3 is 1.35 bits per heavy atom. The van der Waals surface area contributed by atoms with Gasteiger partial charge in [-0.25, -0.2) is 19.6 Å². The average molecular weight is 352 g/mol. The lowest BCUT2D eigenvalue weighted by atomic mass is 9.99. The number of ether oxygens (including phenoxy) is 2. The smallest absolute Gasteiger partial charge is 0.429 e. The van der Waals surface area contributed by atoms with Gasteiger partial charge in [0.15, 0.2) is 0 Å². The summed E-state index contributed by atoms with van der Waals surface area (Å²) >= 11 is 0. The SMILES string of the molecule is COC(=O)N1[C@H](c2ccccc2)C=C[C@@H](c2ccccc2)N1C(=O)OC. The van der Waals surface area contributed by atoms with E-state index in [0.717, 1.165) is 11.1 Å². The van der Waals surface area contributed by atoms with E-state index in [1.807, 2.05) is 72.8 Å². The van der Waals surface area contributed by atoms with Gasteiger partial charge >= 0.3 is 12.2 Å². The van der Waals surface area contributed by atoms with E-state index in [1.54, 1.807) is 0 Å². The van der Waals surface area contributed by atoms with E-state index in [4.69, 9.17) is 9.47 Å². The molecule has 2 aromatic rings. The van der Waals surface area contributed by atoms with Gasteiger partial charge in [0.05, 0.1) is 14.2 Å². The van der Waals surface area contributed by atoms with E-state index in [2.05, 4.69) is 0 Å². The second-order valence-electron chi connectivity index (χ2n) is 5.73. The minimum absolute atomic E-state index is 0.484. The molecule has 3 rings (SSSR count). The van der Waals surface area contributed by atoms with Crippen molar-refractivity contribution in [3.05, 3.63) is 83.9 Å². The molecule has 0 saturated heterocycles. The first-order chi connectivity index (χ1) is 12.7. The van der Waals surface area contributed by atoms with Crippen molar-refractivity contribution in [1.29, 1.82) is 0 Å². The highest BCUT2D eigenvalue weighted by Crippen LogP contribution is 2.37. The van der Waals surface area contributed by atoms with Gasteiger partial charge < -0.3 is 9.47 Å². The van der Waals surface area contributed by atoms with Crippen LogP contribution in [-0.2, 0) is 9.47 Å². The number of carbonyl (C=O) groups excluding carboxylic acids is 2. The van der Waals surface area contributed by atoms with Crippen LogP contribution in [0.15, 0.2) is 72.8 Å². The third-order valence-electron chi connectivity index (χ3n) is 4.24. The van der Waals surface area contributed by atoms with Crippen LogP contribution in [0.3, 0.4) is 0 Å². The summed E-state index contributed by atoms with van der Waals surface area (Å²) in [5.41, 5.74) is 1.71. The molecule has 26 heavy (non-hydrogen) atoms. The summed E-state index contributed by atoms with van der Waals surface area (Å²) in [4.78, 5) is 25.2.